The number of nitrogens with zero attached hydrogens (tertiary/aromatic N) is 2. The highest BCUT2D eigenvalue weighted by Gasteiger charge is 2.32. The number of imidazole rings is 1. The molecule has 0 saturated carbocycles. The summed E-state index contributed by atoms with van der Waals surface area (Å²) < 4.78 is 33.9. The quantitative estimate of drug-likeness (QED) is 0.345. The second kappa shape index (κ2) is 8.70. The average Bonchev–Trinajstić information content (AvgIpc) is 3.30. The molecule has 158 valence electrons. The first-order valence-corrected chi connectivity index (χ1v) is 10.7. The summed E-state index contributed by atoms with van der Waals surface area (Å²) in [7, 11) is 0. The number of carbonyl (C=O) groups excluding carboxylic acids is 1. The maximum atomic E-state index is 14.5. The van der Waals surface area contributed by atoms with Gasteiger partial charge < -0.3 is 18.6 Å². The van der Waals surface area contributed by atoms with E-state index in [2.05, 4.69) is 27.6 Å². The van der Waals surface area contributed by atoms with Gasteiger partial charge in [0.25, 0.3) is 0 Å². The molecule has 4 rings (SSSR count). The van der Waals surface area contributed by atoms with Crippen LogP contribution >= 0.6 is 22.6 Å². The summed E-state index contributed by atoms with van der Waals surface area (Å²) in [6, 6.07) is 8.66. The number of Topliss-reactive ketones (excluding diaryl/α,β-unsaturated/α-hetero) is 1. The van der Waals surface area contributed by atoms with Gasteiger partial charge in [-0.05, 0) is 66.3 Å². The van der Waals surface area contributed by atoms with Crippen LogP contribution in [0.5, 0.6) is 0 Å². The Morgan fingerprint density at radius 3 is 2.93 bits per heavy atom. The Bertz CT molecular complexity index is 1080. The lowest BCUT2D eigenvalue weighted by Gasteiger charge is -2.17. The van der Waals surface area contributed by atoms with E-state index in [0.29, 0.717) is 23.4 Å². The topological polar surface area (TPSA) is 62.1 Å². The number of ether oxygens (including phenoxy) is 3. The van der Waals surface area contributed by atoms with Gasteiger partial charge in [0.15, 0.2) is 11.6 Å². The molecule has 0 N–H and O–H groups in total. The lowest BCUT2D eigenvalue weighted by atomic mass is 10.0. The maximum absolute atomic E-state index is 14.5. The fraction of sp³-hybridized carbons (Fsp3) is 0.364. The van der Waals surface area contributed by atoms with Gasteiger partial charge in [0.05, 0.1) is 31.3 Å². The zero-order chi connectivity index (χ0) is 21.3. The van der Waals surface area contributed by atoms with E-state index in [4.69, 9.17) is 14.2 Å². The number of fused-ring (bicyclic) bond motifs is 1. The Morgan fingerprint density at radius 2 is 2.20 bits per heavy atom. The van der Waals surface area contributed by atoms with E-state index in [1.165, 1.54) is 6.07 Å². The van der Waals surface area contributed by atoms with Gasteiger partial charge in [-0.3, -0.25) is 4.79 Å². The first-order chi connectivity index (χ1) is 14.3. The molecule has 1 fully saturated rings. The number of halogens is 2. The molecular formula is C22H22FIN2O4. The Labute approximate surface area is 187 Å². The molecule has 3 aromatic rings. The van der Waals surface area contributed by atoms with Crippen LogP contribution < -0.4 is 0 Å². The van der Waals surface area contributed by atoms with E-state index in [9.17, 15) is 9.18 Å². The van der Waals surface area contributed by atoms with E-state index >= 15 is 0 Å². The van der Waals surface area contributed by atoms with Crippen molar-refractivity contribution >= 4 is 33.9 Å². The van der Waals surface area contributed by atoms with Crippen LogP contribution in [-0.2, 0) is 20.6 Å². The van der Waals surface area contributed by atoms with Crippen LogP contribution in [0.25, 0.3) is 5.52 Å². The molecule has 0 spiro atoms. The zero-order valence-electron chi connectivity index (χ0n) is 16.7. The summed E-state index contributed by atoms with van der Waals surface area (Å²) in [5.74, 6) is -1.10. The number of rotatable bonds is 7. The summed E-state index contributed by atoms with van der Waals surface area (Å²) in [6.45, 7) is 4.29. The second-order valence-corrected chi connectivity index (χ2v) is 8.93. The first-order valence-electron chi connectivity index (χ1n) is 9.63. The van der Waals surface area contributed by atoms with E-state index in [1.54, 1.807) is 24.7 Å². The Balaban J connectivity index is 1.53. The van der Waals surface area contributed by atoms with Crippen molar-refractivity contribution in [3.8, 4) is 0 Å². The van der Waals surface area contributed by atoms with Gasteiger partial charge in [-0.15, -0.1) is 0 Å². The third kappa shape index (κ3) is 4.72. The van der Waals surface area contributed by atoms with Crippen molar-refractivity contribution in [1.82, 2.24) is 9.38 Å². The lowest BCUT2D eigenvalue weighted by Crippen LogP contribution is -2.25. The minimum Gasteiger partial charge on any atom is -0.371 e. The lowest BCUT2D eigenvalue weighted by molar-refractivity contribution is -0.144. The highest BCUT2D eigenvalue weighted by Crippen LogP contribution is 2.23. The van der Waals surface area contributed by atoms with Crippen LogP contribution in [0, 0.1) is 9.39 Å². The number of hydrogen-bond donors (Lipinski definition) is 0. The monoisotopic (exact) mass is 524 g/mol. The van der Waals surface area contributed by atoms with Crippen molar-refractivity contribution in [2.75, 3.05) is 19.8 Å². The van der Waals surface area contributed by atoms with Gasteiger partial charge in [-0.1, -0.05) is 6.07 Å². The molecule has 8 heteroatoms. The minimum atomic E-state index is -0.630. The molecule has 2 aromatic heterocycles. The predicted molar refractivity (Wildman–Crippen MR) is 117 cm³/mol. The molecule has 1 aromatic carbocycles. The smallest absolute Gasteiger partial charge is 0.190 e. The molecule has 0 bridgehead atoms. The van der Waals surface area contributed by atoms with Crippen LogP contribution in [0.1, 0.15) is 35.5 Å². The number of ketones is 1. The highest BCUT2D eigenvalue weighted by molar-refractivity contribution is 14.1. The fourth-order valence-corrected chi connectivity index (χ4v) is 3.99. The average molecular weight is 524 g/mol. The summed E-state index contributed by atoms with van der Waals surface area (Å²) in [4.78, 5) is 17.1. The minimum absolute atomic E-state index is 0.0946. The Hall–Kier alpha value is -1.88. The number of pyridine rings is 1. The normalized spacial score (nSPS) is 18.2. The third-order valence-electron chi connectivity index (χ3n) is 4.97. The molecule has 1 aliphatic heterocycles. The highest BCUT2D eigenvalue weighted by atomic mass is 127. The van der Waals surface area contributed by atoms with Gasteiger partial charge in [-0.25, -0.2) is 9.37 Å². The molecule has 3 heterocycles. The van der Waals surface area contributed by atoms with Crippen molar-refractivity contribution in [3.63, 3.8) is 0 Å². The van der Waals surface area contributed by atoms with Gasteiger partial charge >= 0.3 is 0 Å². The van der Waals surface area contributed by atoms with Crippen LogP contribution in [0.2, 0.25) is 0 Å². The molecule has 30 heavy (non-hydrogen) atoms. The molecule has 6 nitrogen and oxygen atoms in total. The molecule has 0 radical (unpaired) electrons. The largest absolute Gasteiger partial charge is 0.371 e. The van der Waals surface area contributed by atoms with Gasteiger partial charge in [-0.2, -0.15) is 0 Å². The third-order valence-corrected chi connectivity index (χ3v) is 5.64. The first kappa shape index (κ1) is 21.4. The SMILES string of the molecule is CC1(C)OC[C@H](COCC(=O)c2ccc3cncn3c2Cc2ccc(I)cc2F)O1. The predicted octanol–water partition coefficient (Wildman–Crippen LogP) is 4.02. The molecular weight excluding hydrogens is 502 g/mol. The fourth-order valence-electron chi connectivity index (χ4n) is 3.53. The van der Waals surface area contributed by atoms with Crippen LogP contribution in [0.15, 0.2) is 42.9 Å². The van der Waals surface area contributed by atoms with Crippen molar-refractivity contribution < 1.29 is 23.4 Å². The van der Waals surface area contributed by atoms with Crippen molar-refractivity contribution in [3.05, 3.63) is 69.1 Å². The summed E-state index contributed by atoms with van der Waals surface area (Å²) >= 11 is 2.07. The van der Waals surface area contributed by atoms with Crippen LogP contribution in [-0.4, -0.2) is 46.9 Å². The Kier molecular flexibility index (Phi) is 6.19. The van der Waals surface area contributed by atoms with Crippen molar-refractivity contribution in [1.29, 1.82) is 0 Å². The molecule has 0 unspecified atom stereocenters. The van der Waals surface area contributed by atoms with E-state index in [0.717, 1.165) is 9.09 Å². The van der Waals surface area contributed by atoms with Crippen LogP contribution in [0.4, 0.5) is 4.39 Å². The second-order valence-electron chi connectivity index (χ2n) is 7.68. The summed E-state index contributed by atoms with van der Waals surface area (Å²) in [5, 5.41) is 0. The van der Waals surface area contributed by atoms with Crippen LogP contribution in [0.3, 0.4) is 0 Å². The maximum Gasteiger partial charge on any atom is 0.190 e. The Morgan fingerprint density at radius 1 is 1.37 bits per heavy atom. The van der Waals surface area contributed by atoms with Gasteiger partial charge in [0.2, 0.25) is 0 Å². The van der Waals surface area contributed by atoms with E-state index in [-0.39, 0.29) is 37.3 Å². The number of carbonyl (C=O) groups is 1. The number of aromatic nitrogens is 2. The van der Waals surface area contributed by atoms with Gasteiger partial charge in [0, 0.05) is 21.2 Å². The van der Waals surface area contributed by atoms with Crippen molar-refractivity contribution in [2.24, 2.45) is 0 Å². The molecule has 0 aliphatic carbocycles. The van der Waals surface area contributed by atoms with Crippen molar-refractivity contribution in [2.45, 2.75) is 32.2 Å². The van der Waals surface area contributed by atoms with Gasteiger partial charge in [0.1, 0.15) is 18.5 Å². The molecule has 0 amide bonds. The molecule has 1 saturated heterocycles. The molecule has 1 aliphatic rings. The summed E-state index contributed by atoms with van der Waals surface area (Å²) in [6.07, 6.45) is 3.41. The molecule has 1 atom stereocenters. The summed E-state index contributed by atoms with van der Waals surface area (Å²) in [5.41, 5.74) is 2.53. The number of benzene rings is 1. The standard InChI is InChI=1S/C22H22FIN2O4/c1-22(2)29-11-17(30-22)10-28-12-21(27)18-6-5-16-9-25-13-26(16)20(18)7-14-3-4-15(24)8-19(14)23/h3-6,8-9,13,17H,7,10-12H2,1-2H3/t17-/m0/s1. The number of hydrogen-bond acceptors (Lipinski definition) is 5. The van der Waals surface area contributed by atoms with E-state index in [1.807, 2.05) is 30.4 Å². The zero-order valence-corrected chi connectivity index (χ0v) is 18.9. The van der Waals surface area contributed by atoms with E-state index < -0.39 is 5.79 Å².